The van der Waals surface area contributed by atoms with Gasteiger partial charge >= 0.3 is 5.97 Å². The summed E-state index contributed by atoms with van der Waals surface area (Å²) in [5.74, 6) is 6.93. The number of fused-ring (bicyclic) bond motifs is 1. The van der Waals surface area contributed by atoms with E-state index in [0.717, 1.165) is 32.1 Å². The van der Waals surface area contributed by atoms with E-state index >= 15 is 0 Å². The van der Waals surface area contributed by atoms with Crippen LogP contribution in [0, 0.1) is 35.5 Å². The number of carbonyl (C=O) groups is 1. The van der Waals surface area contributed by atoms with Gasteiger partial charge in [-0.25, -0.2) is 0 Å². The van der Waals surface area contributed by atoms with E-state index in [1.165, 1.54) is 12.7 Å². The molecule has 0 radical (unpaired) electrons. The van der Waals surface area contributed by atoms with Crippen LogP contribution in [-0.4, -0.2) is 35.5 Å². The Kier molecular flexibility index (Phi) is 8.60. The van der Waals surface area contributed by atoms with Crippen molar-refractivity contribution in [2.75, 3.05) is 7.11 Å². The number of rotatable bonds is 8. The molecule has 0 aromatic carbocycles. The number of aliphatic hydroxyl groups is 2. The van der Waals surface area contributed by atoms with Crippen LogP contribution >= 0.6 is 0 Å². The molecule has 0 aliphatic heterocycles. The summed E-state index contributed by atoms with van der Waals surface area (Å²) < 4.78 is 4.67. The van der Waals surface area contributed by atoms with Crippen molar-refractivity contribution >= 4 is 5.97 Å². The molecule has 150 valence electrons. The Morgan fingerprint density at radius 1 is 1.41 bits per heavy atom. The van der Waals surface area contributed by atoms with Gasteiger partial charge in [-0.15, -0.1) is 11.8 Å². The maximum atomic E-state index is 11.2. The summed E-state index contributed by atoms with van der Waals surface area (Å²) in [6.45, 7) is 3.81. The van der Waals surface area contributed by atoms with Crippen molar-refractivity contribution in [2.24, 2.45) is 23.7 Å². The first-order valence-corrected chi connectivity index (χ1v) is 10.1. The molecule has 4 nitrogen and oxygen atoms in total. The van der Waals surface area contributed by atoms with Gasteiger partial charge in [0.1, 0.15) is 0 Å². The second kappa shape index (κ2) is 10.7. The fourth-order valence-electron chi connectivity index (χ4n) is 4.41. The number of hydrogen-bond donors (Lipinski definition) is 2. The molecule has 0 aromatic rings. The minimum atomic E-state index is -0.521. The molecule has 2 aliphatic carbocycles. The van der Waals surface area contributed by atoms with E-state index in [2.05, 4.69) is 22.7 Å². The number of methoxy groups -OCH3 is 1. The highest BCUT2D eigenvalue weighted by molar-refractivity contribution is 5.69. The van der Waals surface area contributed by atoms with Gasteiger partial charge in [0.2, 0.25) is 0 Å². The van der Waals surface area contributed by atoms with Crippen LogP contribution in [0.4, 0.5) is 0 Å². The third-order valence-electron chi connectivity index (χ3n) is 6.07. The minimum absolute atomic E-state index is 0.0943. The molecule has 27 heavy (non-hydrogen) atoms. The molecule has 2 unspecified atom stereocenters. The third kappa shape index (κ3) is 6.23. The van der Waals surface area contributed by atoms with E-state index < -0.39 is 6.10 Å². The first-order valence-electron chi connectivity index (χ1n) is 10.1. The quantitative estimate of drug-likeness (QED) is 0.295. The topological polar surface area (TPSA) is 66.8 Å². The van der Waals surface area contributed by atoms with Crippen molar-refractivity contribution in [3.05, 3.63) is 23.8 Å². The van der Waals surface area contributed by atoms with Crippen LogP contribution in [0.2, 0.25) is 0 Å². The molecule has 4 heteroatoms. The van der Waals surface area contributed by atoms with Crippen molar-refractivity contribution in [2.45, 2.75) is 71.0 Å². The van der Waals surface area contributed by atoms with Gasteiger partial charge in [0, 0.05) is 18.8 Å². The molecule has 2 rings (SSSR count). The average molecular weight is 375 g/mol. The molecule has 6 atom stereocenters. The Morgan fingerprint density at radius 3 is 2.89 bits per heavy atom. The van der Waals surface area contributed by atoms with Gasteiger partial charge < -0.3 is 14.9 Å². The van der Waals surface area contributed by atoms with Crippen LogP contribution in [-0.2, 0) is 9.53 Å². The summed E-state index contributed by atoms with van der Waals surface area (Å²) >= 11 is 0. The second-order valence-corrected chi connectivity index (χ2v) is 8.03. The van der Waals surface area contributed by atoms with Crippen molar-refractivity contribution in [1.82, 2.24) is 0 Å². The summed E-state index contributed by atoms with van der Waals surface area (Å²) in [5, 5.41) is 20.8. The number of ether oxygens (including phenoxy) is 1. The minimum Gasteiger partial charge on any atom is -0.469 e. The molecule has 2 aliphatic rings. The summed E-state index contributed by atoms with van der Waals surface area (Å²) in [4.78, 5) is 11.2. The lowest BCUT2D eigenvalue weighted by molar-refractivity contribution is -0.140. The summed E-state index contributed by atoms with van der Waals surface area (Å²) in [7, 11) is 1.42. The smallest absolute Gasteiger partial charge is 0.305 e. The highest BCUT2D eigenvalue weighted by atomic mass is 16.5. The van der Waals surface area contributed by atoms with Crippen LogP contribution in [0.25, 0.3) is 0 Å². The van der Waals surface area contributed by atoms with Crippen molar-refractivity contribution in [3.8, 4) is 11.8 Å². The van der Waals surface area contributed by atoms with Gasteiger partial charge in [0.25, 0.3) is 0 Å². The van der Waals surface area contributed by atoms with E-state index in [9.17, 15) is 15.0 Å². The number of aliphatic hydroxyl groups excluding tert-OH is 2. The zero-order valence-electron chi connectivity index (χ0n) is 16.9. The van der Waals surface area contributed by atoms with E-state index in [-0.39, 0.29) is 23.9 Å². The monoisotopic (exact) mass is 374 g/mol. The Morgan fingerprint density at radius 2 is 2.19 bits per heavy atom. The predicted molar refractivity (Wildman–Crippen MR) is 107 cm³/mol. The number of allylic oxidation sites excluding steroid dienone is 2. The molecular weight excluding hydrogens is 340 g/mol. The second-order valence-electron chi connectivity index (χ2n) is 8.03. The Labute approximate surface area is 163 Å². The van der Waals surface area contributed by atoms with Gasteiger partial charge in [-0.3, -0.25) is 4.79 Å². The third-order valence-corrected chi connectivity index (χ3v) is 6.07. The van der Waals surface area contributed by atoms with E-state index in [0.29, 0.717) is 24.7 Å². The molecule has 0 amide bonds. The zero-order valence-corrected chi connectivity index (χ0v) is 16.9. The molecule has 2 N–H and O–H groups in total. The molecule has 0 heterocycles. The lowest BCUT2D eigenvalue weighted by Crippen LogP contribution is -2.19. The lowest BCUT2D eigenvalue weighted by Gasteiger charge is -2.19. The number of unbranched alkanes of at least 4 members (excludes halogenated alkanes) is 1. The maximum Gasteiger partial charge on any atom is 0.305 e. The zero-order chi connectivity index (χ0) is 19.8. The lowest BCUT2D eigenvalue weighted by atomic mass is 9.89. The summed E-state index contributed by atoms with van der Waals surface area (Å²) in [6.07, 6.45) is 11.1. The predicted octanol–water partition coefficient (Wildman–Crippen LogP) is 3.63. The Balaban J connectivity index is 1.87. The number of carbonyl (C=O) groups excluding carboxylic acids is 1. The standard InChI is InChI=1S/C23H34O4/c1-4-5-8-16(2)21(24)12-11-19-20-14-17(13-18(20)15-22(19)25)9-6-7-10-23(26)27-3/h9,11-12,16,18-22,24-25H,6-8,10,13-15H2,1-3H3/b12-11+,17-9+/t16?,18-,19+,20-,21?,22+/m0/s1. The van der Waals surface area contributed by atoms with Crippen LogP contribution in [0.5, 0.6) is 0 Å². The molecule has 0 bridgehead atoms. The molecular formula is C23H34O4. The Bertz CT molecular complexity index is 610. The van der Waals surface area contributed by atoms with E-state index in [1.807, 2.05) is 26.0 Å². The molecule has 2 fully saturated rings. The fraction of sp³-hybridized carbons (Fsp3) is 0.696. The van der Waals surface area contributed by atoms with E-state index in [1.54, 1.807) is 0 Å². The number of esters is 1. The molecule has 2 saturated carbocycles. The Hall–Kier alpha value is -1.57. The first kappa shape index (κ1) is 21.7. The van der Waals surface area contributed by atoms with Crippen LogP contribution < -0.4 is 0 Å². The molecule has 0 saturated heterocycles. The van der Waals surface area contributed by atoms with Gasteiger partial charge in [0.05, 0.1) is 19.3 Å². The van der Waals surface area contributed by atoms with Crippen molar-refractivity contribution < 1.29 is 19.7 Å². The average Bonchev–Trinajstić information content (AvgIpc) is 3.17. The van der Waals surface area contributed by atoms with Gasteiger partial charge in [0.15, 0.2) is 0 Å². The highest BCUT2D eigenvalue weighted by Gasteiger charge is 2.44. The van der Waals surface area contributed by atoms with Crippen LogP contribution in [0.3, 0.4) is 0 Å². The molecule has 0 spiro atoms. The van der Waals surface area contributed by atoms with Gasteiger partial charge in [-0.2, -0.15) is 0 Å². The summed E-state index contributed by atoms with van der Waals surface area (Å²) in [5.41, 5.74) is 1.45. The highest BCUT2D eigenvalue weighted by Crippen LogP contribution is 2.50. The largest absolute Gasteiger partial charge is 0.469 e. The van der Waals surface area contributed by atoms with Gasteiger partial charge in [-0.05, 0) is 56.8 Å². The SMILES string of the molecule is CC#CCC(C)C(O)/C=C/[C@@H]1[C@H]2C/C(=C/CCCC(=O)OC)C[C@H]2C[C@H]1O. The molecule has 0 aromatic heterocycles. The maximum absolute atomic E-state index is 11.2. The normalized spacial score (nSPS) is 30.8. The van der Waals surface area contributed by atoms with Gasteiger partial charge in [-0.1, -0.05) is 30.7 Å². The fourth-order valence-corrected chi connectivity index (χ4v) is 4.41. The van der Waals surface area contributed by atoms with Crippen LogP contribution in [0.1, 0.15) is 58.8 Å². The summed E-state index contributed by atoms with van der Waals surface area (Å²) in [6, 6.07) is 0. The first-order chi connectivity index (χ1) is 13.0. The van der Waals surface area contributed by atoms with E-state index in [4.69, 9.17) is 0 Å². The van der Waals surface area contributed by atoms with Crippen molar-refractivity contribution in [3.63, 3.8) is 0 Å². The van der Waals surface area contributed by atoms with Crippen molar-refractivity contribution in [1.29, 1.82) is 0 Å². The van der Waals surface area contributed by atoms with Crippen LogP contribution in [0.15, 0.2) is 23.8 Å². The number of hydrogen-bond acceptors (Lipinski definition) is 4.